The fourth-order valence-electron chi connectivity index (χ4n) is 2.64. The molecule has 0 spiro atoms. The van der Waals surface area contributed by atoms with E-state index in [1.54, 1.807) is 6.92 Å². The maximum absolute atomic E-state index is 12.2. The lowest BCUT2D eigenvalue weighted by Crippen LogP contribution is -2.06. The average molecular weight is 288 g/mol. The second kappa shape index (κ2) is 5.90. The van der Waals surface area contributed by atoms with Gasteiger partial charge in [0.15, 0.2) is 5.78 Å². The van der Waals surface area contributed by atoms with Crippen LogP contribution in [0.4, 0.5) is 0 Å². The standard InChI is InChI=1S/C19H16N2O/c1-13-17(14(2)22)18(15-9-5-3-6-10-15)19(21-20-13)16-11-7-4-8-12-16/h3-12H,1-2H3. The van der Waals surface area contributed by atoms with Gasteiger partial charge in [-0.2, -0.15) is 5.10 Å². The Kier molecular flexibility index (Phi) is 3.79. The highest BCUT2D eigenvalue weighted by Gasteiger charge is 2.19. The summed E-state index contributed by atoms with van der Waals surface area (Å²) in [6.07, 6.45) is 0. The van der Waals surface area contributed by atoms with Crippen molar-refractivity contribution in [2.75, 3.05) is 0 Å². The molecular formula is C19H16N2O. The Bertz CT molecular complexity index is 812. The van der Waals surface area contributed by atoms with E-state index in [9.17, 15) is 4.79 Å². The zero-order valence-corrected chi connectivity index (χ0v) is 12.6. The molecule has 0 fully saturated rings. The van der Waals surface area contributed by atoms with E-state index in [0.29, 0.717) is 11.3 Å². The molecule has 1 heterocycles. The van der Waals surface area contributed by atoms with Crippen LogP contribution in [0.15, 0.2) is 60.7 Å². The van der Waals surface area contributed by atoms with Crippen LogP contribution in [0.1, 0.15) is 23.0 Å². The molecule has 0 saturated heterocycles. The highest BCUT2D eigenvalue weighted by Crippen LogP contribution is 2.34. The summed E-state index contributed by atoms with van der Waals surface area (Å²) in [6.45, 7) is 3.40. The van der Waals surface area contributed by atoms with Crippen LogP contribution in [0.3, 0.4) is 0 Å². The lowest BCUT2D eigenvalue weighted by molar-refractivity contribution is 0.101. The zero-order chi connectivity index (χ0) is 15.5. The summed E-state index contributed by atoms with van der Waals surface area (Å²) in [5.41, 5.74) is 4.82. The van der Waals surface area contributed by atoms with Gasteiger partial charge in [0, 0.05) is 11.1 Å². The molecule has 0 radical (unpaired) electrons. The molecular weight excluding hydrogens is 272 g/mol. The third-order valence-electron chi connectivity index (χ3n) is 3.61. The smallest absolute Gasteiger partial charge is 0.162 e. The van der Waals surface area contributed by atoms with Gasteiger partial charge in [0.2, 0.25) is 0 Å². The van der Waals surface area contributed by atoms with Gasteiger partial charge in [0.05, 0.1) is 11.3 Å². The third-order valence-corrected chi connectivity index (χ3v) is 3.61. The average Bonchev–Trinajstić information content (AvgIpc) is 2.56. The zero-order valence-electron chi connectivity index (χ0n) is 12.6. The summed E-state index contributed by atoms with van der Waals surface area (Å²) < 4.78 is 0. The third kappa shape index (κ3) is 2.53. The van der Waals surface area contributed by atoms with Crippen molar-refractivity contribution in [3.8, 4) is 22.4 Å². The summed E-state index contributed by atoms with van der Waals surface area (Å²) in [6, 6.07) is 19.7. The van der Waals surface area contributed by atoms with E-state index in [4.69, 9.17) is 0 Å². The summed E-state index contributed by atoms with van der Waals surface area (Å²) in [4.78, 5) is 12.2. The molecule has 0 aliphatic rings. The number of aromatic nitrogens is 2. The number of Topliss-reactive ketones (excluding diaryl/α,β-unsaturated/α-hetero) is 1. The molecule has 0 aliphatic heterocycles. The van der Waals surface area contributed by atoms with Gasteiger partial charge < -0.3 is 0 Å². The van der Waals surface area contributed by atoms with Crippen molar-refractivity contribution < 1.29 is 4.79 Å². The van der Waals surface area contributed by atoms with Gasteiger partial charge >= 0.3 is 0 Å². The number of carbonyl (C=O) groups is 1. The molecule has 0 unspecified atom stereocenters. The van der Waals surface area contributed by atoms with Crippen molar-refractivity contribution >= 4 is 5.78 Å². The first-order valence-electron chi connectivity index (χ1n) is 7.17. The van der Waals surface area contributed by atoms with Crippen molar-refractivity contribution in [1.82, 2.24) is 10.2 Å². The molecule has 2 aromatic carbocycles. The highest BCUT2D eigenvalue weighted by molar-refractivity contribution is 6.04. The fourth-order valence-corrected chi connectivity index (χ4v) is 2.64. The quantitative estimate of drug-likeness (QED) is 0.674. The molecule has 3 nitrogen and oxygen atoms in total. The van der Waals surface area contributed by atoms with Crippen molar-refractivity contribution in [3.05, 3.63) is 71.9 Å². The van der Waals surface area contributed by atoms with Crippen LogP contribution in [0.5, 0.6) is 0 Å². The minimum Gasteiger partial charge on any atom is -0.294 e. The Hall–Kier alpha value is -2.81. The molecule has 0 saturated carbocycles. The molecule has 0 aliphatic carbocycles. The van der Waals surface area contributed by atoms with Crippen LogP contribution < -0.4 is 0 Å². The summed E-state index contributed by atoms with van der Waals surface area (Å²) >= 11 is 0. The van der Waals surface area contributed by atoms with E-state index >= 15 is 0 Å². The fraction of sp³-hybridized carbons (Fsp3) is 0.105. The minimum absolute atomic E-state index is 0.00318. The molecule has 108 valence electrons. The van der Waals surface area contributed by atoms with Crippen molar-refractivity contribution in [1.29, 1.82) is 0 Å². The van der Waals surface area contributed by atoms with Gasteiger partial charge in [0.25, 0.3) is 0 Å². The molecule has 0 N–H and O–H groups in total. The summed E-state index contributed by atoms with van der Waals surface area (Å²) in [7, 11) is 0. The first-order chi connectivity index (χ1) is 10.7. The molecule has 22 heavy (non-hydrogen) atoms. The maximum Gasteiger partial charge on any atom is 0.162 e. The van der Waals surface area contributed by atoms with Crippen LogP contribution in [-0.2, 0) is 0 Å². The topological polar surface area (TPSA) is 42.9 Å². The Morgan fingerprint density at radius 3 is 1.91 bits per heavy atom. The predicted molar refractivity (Wildman–Crippen MR) is 87.6 cm³/mol. The molecule has 3 aromatic rings. The number of aryl methyl sites for hydroxylation is 1. The largest absolute Gasteiger partial charge is 0.294 e. The van der Waals surface area contributed by atoms with Crippen LogP contribution >= 0.6 is 0 Å². The maximum atomic E-state index is 12.2. The van der Waals surface area contributed by atoms with E-state index in [1.807, 2.05) is 67.6 Å². The Labute approximate surface area is 129 Å². The van der Waals surface area contributed by atoms with Crippen LogP contribution in [0.25, 0.3) is 22.4 Å². The van der Waals surface area contributed by atoms with Crippen molar-refractivity contribution in [2.45, 2.75) is 13.8 Å². The van der Waals surface area contributed by atoms with Gasteiger partial charge in [-0.25, -0.2) is 0 Å². The Balaban J connectivity index is 2.37. The number of carbonyl (C=O) groups excluding carboxylic acids is 1. The predicted octanol–water partition coefficient (Wildman–Crippen LogP) is 4.32. The number of rotatable bonds is 3. The molecule has 1 aromatic heterocycles. The lowest BCUT2D eigenvalue weighted by Gasteiger charge is -2.14. The number of hydrogen-bond acceptors (Lipinski definition) is 3. The summed E-state index contributed by atoms with van der Waals surface area (Å²) in [5, 5.41) is 8.56. The van der Waals surface area contributed by atoms with Gasteiger partial charge in [-0.15, -0.1) is 5.10 Å². The number of nitrogens with zero attached hydrogens (tertiary/aromatic N) is 2. The first kappa shape index (κ1) is 14.1. The van der Waals surface area contributed by atoms with E-state index in [1.165, 1.54) is 0 Å². The number of ketones is 1. The van der Waals surface area contributed by atoms with Gasteiger partial charge in [-0.1, -0.05) is 60.7 Å². The van der Waals surface area contributed by atoms with Gasteiger partial charge in [-0.3, -0.25) is 4.79 Å². The molecule has 0 atom stereocenters. The SMILES string of the molecule is CC(=O)c1c(C)nnc(-c2ccccc2)c1-c1ccccc1. The Morgan fingerprint density at radius 2 is 1.36 bits per heavy atom. The normalized spacial score (nSPS) is 10.5. The van der Waals surface area contributed by atoms with Crippen LogP contribution in [0, 0.1) is 6.92 Å². The molecule has 0 amide bonds. The molecule has 3 heteroatoms. The van der Waals surface area contributed by atoms with E-state index in [-0.39, 0.29) is 5.78 Å². The van der Waals surface area contributed by atoms with Gasteiger partial charge in [-0.05, 0) is 19.4 Å². The Morgan fingerprint density at radius 1 is 0.818 bits per heavy atom. The second-order valence-electron chi connectivity index (χ2n) is 5.17. The number of benzene rings is 2. The lowest BCUT2D eigenvalue weighted by atomic mass is 9.92. The summed E-state index contributed by atoms with van der Waals surface area (Å²) in [5.74, 6) is 0.00318. The van der Waals surface area contributed by atoms with E-state index in [0.717, 1.165) is 22.4 Å². The first-order valence-corrected chi connectivity index (χ1v) is 7.17. The minimum atomic E-state index is 0.00318. The second-order valence-corrected chi connectivity index (χ2v) is 5.17. The molecule has 3 rings (SSSR count). The van der Waals surface area contributed by atoms with Crippen molar-refractivity contribution in [2.24, 2.45) is 0 Å². The van der Waals surface area contributed by atoms with Crippen LogP contribution in [0.2, 0.25) is 0 Å². The van der Waals surface area contributed by atoms with E-state index in [2.05, 4.69) is 10.2 Å². The van der Waals surface area contributed by atoms with Crippen LogP contribution in [-0.4, -0.2) is 16.0 Å². The monoisotopic (exact) mass is 288 g/mol. The highest BCUT2D eigenvalue weighted by atomic mass is 16.1. The van der Waals surface area contributed by atoms with Gasteiger partial charge in [0.1, 0.15) is 5.69 Å². The van der Waals surface area contributed by atoms with Crippen molar-refractivity contribution in [3.63, 3.8) is 0 Å². The molecule has 0 bridgehead atoms. The van der Waals surface area contributed by atoms with E-state index < -0.39 is 0 Å². The number of hydrogen-bond donors (Lipinski definition) is 0.